The Morgan fingerprint density at radius 1 is 1.26 bits per heavy atom. The molecule has 0 unspecified atom stereocenters. The number of aromatic nitrogens is 4. The Hall–Kier alpha value is -2.89. The predicted molar refractivity (Wildman–Crippen MR) is 90.3 cm³/mol. The molecule has 2 aromatic heterocycles. The fraction of sp³-hybridized carbons (Fsp3) is 0.467. The fourth-order valence-corrected chi connectivity index (χ4v) is 2.57. The van der Waals surface area contributed by atoms with Crippen LogP contribution in [0.4, 0.5) is 19.0 Å². The molecule has 27 heavy (non-hydrogen) atoms. The van der Waals surface area contributed by atoms with E-state index in [2.05, 4.69) is 4.98 Å². The van der Waals surface area contributed by atoms with Gasteiger partial charge in [-0.05, 0) is 7.05 Å². The van der Waals surface area contributed by atoms with Crippen LogP contribution in [-0.2, 0) is 27.2 Å². The summed E-state index contributed by atoms with van der Waals surface area (Å²) < 4.78 is 40.4. The van der Waals surface area contributed by atoms with Gasteiger partial charge in [-0.15, -0.1) is 0 Å². The van der Waals surface area contributed by atoms with Gasteiger partial charge >= 0.3 is 11.9 Å². The quantitative estimate of drug-likeness (QED) is 0.683. The van der Waals surface area contributed by atoms with E-state index in [4.69, 9.17) is 5.73 Å². The number of halogens is 3. The molecule has 0 atom stereocenters. The first-order valence-corrected chi connectivity index (χ1v) is 7.76. The van der Waals surface area contributed by atoms with E-state index in [0.29, 0.717) is 0 Å². The van der Waals surface area contributed by atoms with Gasteiger partial charge in [0, 0.05) is 26.5 Å². The van der Waals surface area contributed by atoms with Crippen LogP contribution in [0.25, 0.3) is 0 Å². The maximum atomic E-state index is 12.6. The van der Waals surface area contributed by atoms with Gasteiger partial charge < -0.3 is 10.3 Å². The number of hydrogen-bond donors (Lipinski definition) is 1. The summed E-state index contributed by atoms with van der Waals surface area (Å²) in [7, 11) is 4.04. The maximum absolute atomic E-state index is 12.6. The first-order chi connectivity index (χ1) is 12.4. The van der Waals surface area contributed by atoms with Crippen LogP contribution in [0.5, 0.6) is 0 Å². The smallest absolute Gasteiger partial charge is 0.384 e. The van der Waals surface area contributed by atoms with Crippen molar-refractivity contribution in [2.45, 2.75) is 19.3 Å². The molecular weight excluding hydrogens is 369 g/mol. The Balaban J connectivity index is 2.20. The lowest BCUT2D eigenvalue weighted by Gasteiger charge is -2.18. The normalized spacial score (nSPS) is 12.0. The SMILES string of the molecule is CN(CC(=O)c1c(N)n(C)c(=O)n(C)c1=O)Cc1nccn1CC(F)(F)F. The van der Waals surface area contributed by atoms with Crippen LogP contribution < -0.4 is 17.0 Å². The van der Waals surface area contributed by atoms with Crippen molar-refractivity contribution >= 4 is 11.6 Å². The highest BCUT2D eigenvalue weighted by atomic mass is 19.4. The van der Waals surface area contributed by atoms with Crippen molar-refractivity contribution in [2.24, 2.45) is 14.1 Å². The van der Waals surface area contributed by atoms with Gasteiger partial charge in [-0.3, -0.25) is 23.6 Å². The molecular formula is C15H19F3N6O3. The Bertz CT molecular complexity index is 973. The van der Waals surface area contributed by atoms with Crippen LogP contribution in [0.3, 0.4) is 0 Å². The average molecular weight is 388 g/mol. The van der Waals surface area contributed by atoms with Gasteiger partial charge in [0.25, 0.3) is 5.56 Å². The number of nitrogens with two attached hydrogens (primary N) is 1. The minimum atomic E-state index is -4.40. The lowest BCUT2D eigenvalue weighted by Crippen LogP contribution is -2.43. The molecule has 0 aliphatic rings. The van der Waals surface area contributed by atoms with E-state index in [1.165, 1.54) is 38.4 Å². The number of rotatable bonds is 6. The molecule has 0 radical (unpaired) electrons. The van der Waals surface area contributed by atoms with Gasteiger partial charge in [0.15, 0.2) is 5.78 Å². The number of Topliss-reactive ketones (excluding diaryl/α,β-unsaturated/α-hetero) is 1. The maximum Gasteiger partial charge on any atom is 0.406 e. The largest absolute Gasteiger partial charge is 0.406 e. The van der Waals surface area contributed by atoms with Crippen LogP contribution in [-0.4, -0.2) is 49.1 Å². The number of imidazole rings is 1. The van der Waals surface area contributed by atoms with Crippen molar-refractivity contribution in [1.82, 2.24) is 23.6 Å². The Kier molecular flexibility index (Phi) is 5.59. The Morgan fingerprint density at radius 3 is 2.48 bits per heavy atom. The van der Waals surface area contributed by atoms with Gasteiger partial charge in [0.1, 0.15) is 23.8 Å². The van der Waals surface area contributed by atoms with E-state index in [0.717, 1.165) is 13.7 Å². The third kappa shape index (κ3) is 4.45. The van der Waals surface area contributed by atoms with Crippen molar-refractivity contribution in [3.63, 3.8) is 0 Å². The second-order valence-electron chi connectivity index (χ2n) is 6.15. The van der Waals surface area contributed by atoms with Crippen LogP contribution in [0.1, 0.15) is 16.2 Å². The lowest BCUT2D eigenvalue weighted by molar-refractivity contribution is -0.141. The number of nitrogen functional groups attached to an aromatic ring is 1. The summed E-state index contributed by atoms with van der Waals surface area (Å²) in [5.41, 5.74) is 3.89. The number of alkyl halides is 3. The number of nitrogens with zero attached hydrogens (tertiary/aromatic N) is 5. The number of anilines is 1. The monoisotopic (exact) mass is 388 g/mol. The molecule has 0 fully saturated rings. The fourth-order valence-electron chi connectivity index (χ4n) is 2.57. The van der Waals surface area contributed by atoms with Crippen molar-refractivity contribution in [3.05, 3.63) is 44.6 Å². The number of ketones is 1. The minimum Gasteiger partial charge on any atom is -0.384 e. The summed E-state index contributed by atoms with van der Waals surface area (Å²) in [6, 6.07) is 0. The zero-order valence-corrected chi connectivity index (χ0v) is 14.9. The van der Waals surface area contributed by atoms with Crippen LogP contribution in [0.2, 0.25) is 0 Å². The molecule has 2 heterocycles. The second kappa shape index (κ2) is 7.39. The van der Waals surface area contributed by atoms with E-state index >= 15 is 0 Å². The molecule has 2 N–H and O–H groups in total. The second-order valence-corrected chi connectivity index (χ2v) is 6.15. The summed E-state index contributed by atoms with van der Waals surface area (Å²) in [6.45, 7) is -1.55. The van der Waals surface area contributed by atoms with Gasteiger partial charge in [-0.2, -0.15) is 13.2 Å². The molecule has 2 rings (SSSR count). The number of likely N-dealkylation sites (N-methyl/N-ethyl adjacent to an activating group) is 1. The predicted octanol–water partition coefficient (Wildman–Crippen LogP) is -0.260. The molecule has 0 amide bonds. The topological polar surface area (TPSA) is 108 Å². The number of hydrogen-bond acceptors (Lipinski definition) is 6. The highest BCUT2D eigenvalue weighted by molar-refractivity contribution is 6.01. The third-order valence-electron chi connectivity index (χ3n) is 3.96. The van der Waals surface area contributed by atoms with Gasteiger partial charge in [0.2, 0.25) is 0 Å². The molecule has 0 saturated carbocycles. The summed E-state index contributed by atoms with van der Waals surface area (Å²) in [6.07, 6.45) is -1.98. The zero-order chi connectivity index (χ0) is 20.5. The van der Waals surface area contributed by atoms with E-state index in [9.17, 15) is 27.6 Å². The molecule has 148 valence electrons. The Morgan fingerprint density at radius 2 is 1.89 bits per heavy atom. The van der Waals surface area contributed by atoms with Crippen molar-refractivity contribution in [3.8, 4) is 0 Å². The van der Waals surface area contributed by atoms with Crippen molar-refractivity contribution in [1.29, 1.82) is 0 Å². The summed E-state index contributed by atoms with van der Waals surface area (Å²) >= 11 is 0. The number of carbonyl (C=O) groups is 1. The zero-order valence-electron chi connectivity index (χ0n) is 14.9. The van der Waals surface area contributed by atoms with E-state index in [1.54, 1.807) is 0 Å². The summed E-state index contributed by atoms with van der Waals surface area (Å²) in [5, 5.41) is 0. The third-order valence-corrected chi connectivity index (χ3v) is 3.96. The first-order valence-electron chi connectivity index (χ1n) is 7.76. The lowest BCUT2D eigenvalue weighted by atomic mass is 10.2. The molecule has 0 aliphatic carbocycles. The first kappa shape index (κ1) is 20.4. The molecule has 0 bridgehead atoms. The van der Waals surface area contributed by atoms with E-state index < -0.39 is 29.8 Å². The molecule has 0 saturated heterocycles. The van der Waals surface area contributed by atoms with Crippen molar-refractivity contribution in [2.75, 3.05) is 19.3 Å². The molecule has 9 nitrogen and oxygen atoms in total. The van der Waals surface area contributed by atoms with Gasteiger partial charge in [-0.25, -0.2) is 9.78 Å². The van der Waals surface area contributed by atoms with Crippen LogP contribution in [0, 0.1) is 0 Å². The number of carbonyl (C=O) groups excluding carboxylic acids is 1. The highest BCUT2D eigenvalue weighted by Gasteiger charge is 2.29. The molecule has 0 spiro atoms. The Labute approximate surface area is 151 Å². The average Bonchev–Trinajstić information content (AvgIpc) is 2.95. The molecule has 12 heteroatoms. The molecule has 0 aromatic carbocycles. The highest BCUT2D eigenvalue weighted by Crippen LogP contribution is 2.18. The minimum absolute atomic E-state index is 0.0548. The molecule has 2 aromatic rings. The van der Waals surface area contributed by atoms with Crippen LogP contribution in [0.15, 0.2) is 22.0 Å². The molecule has 0 aliphatic heterocycles. The van der Waals surface area contributed by atoms with Gasteiger partial charge in [0.05, 0.1) is 13.1 Å². The standard InChI is InChI=1S/C15H19F3N6O3/c1-21(7-10-20-4-5-24(10)8-15(16,17)18)6-9(25)11-12(19)22(2)14(27)23(3)13(11)26/h4-5H,6-8,19H2,1-3H3. The summed E-state index contributed by atoms with van der Waals surface area (Å²) in [4.78, 5) is 41.8. The summed E-state index contributed by atoms with van der Waals surface area (Å²) in [5.74, 6) is -0.802. The van der Waals surface area contributed by atoms with E-state index in [-0.39, 0.29) is 30.3 Å². The van der Waals surface area contributed by atoms with Crippen LogP contribution >= 0.6 is 0 Å². The van der Waals surface area contributed by atoms with Gasteiger partial charge in [-0.1, -0.05) is 0 Å². The van der Waals surface area contributed by atoms with E-state index in [1.807, 2.05) is 0 Å². The van der Waals surface area contributed by atoms with Crippen molar-refractivity contribution < 1.29 is 18.0 Å².